The summed E-state index contributed by atoms with van der Waals surface area (Å²) in [6, 6.07) is 20.4. The molecule has 2 amide bonds. The van der Waals surface area contributed by atoms with Gasteiger partial charge >= 0.3 is 0 Å². The monoisotopic (exact) mass is 529 g/mol. The molecule has 0 unspecified atom stereocenters. The molecule has 3 aromatic rings. The Bertz CT molecular complexity index is 1300. The number of ether oxygens (including phenoxy) is 1. The second-order valence-corrected chi connectivity index (χ2v) is 10.2. The molecular weight excluding hydrogens is 502 g/mol. The number of rotatable bonds is 10. The Morgan fingerprint density at radius 2 is 1.58 bits per heavy atom. The van der Waals surface area contributed by atoms with Crippen LogP contribution in [0.3, 0.4) is 0 Å². The molecule has 0 fully saturated rings. The quantitative estimate of drug-likeness (QED) is 0.432. The number of carbonyl (C=O) groups excluding carboxylic acids is 2. The maximum Gasteiger partial charge on any atom is 0.264 e. The molecule has 0 heterocycles. The predicted octanol–water partition coefficient (Wildman–Crippen LogP) is 3.71. The number of hydrogen-bond acceptors (Lipinski definition) is 5. The van der Waals surface area contributed by atoms with Gasteiger partial charge in [-0.25, -0.2) is 8.42 Å². The van der Waals surface area contributed by atoms with Crippen LogP contribution in [0.25, 0.3) is 0 Å². The van der Waals surface area contributed by atoms with E-state index in [0.29, 0.717) is 5.75 Å². The number of sulfonamides is 1. The van der Waals surface area contributed by atoms with Crippen LogP contribution in [0.5, 0.6) is 5.75 Å². The Hall–Kier alpha value is -3.56. The lowest BCUT2D eigenvalue weighted by Crippen LogP contribution is -2.50. The summed E-state index contributed by atoms with van der Waals surface area (Å²) in [6.07, 6.45) is 0. The number of halogens is 1. The summed E-state index contributed by atoms with van der Waals surface area (Å²) >= 11 is 6.36. The fourth-order valence-corrected chi connectivity index (χ4v) is 5.35. The minimum atomic E-state index is -4.15. The smallest absolute Gasteiger partial charge is 0.264 e. The van der Waals surface area contributed by atoms with E-state index in [1.54, 1.807) is 74.7 Å². The summed E-state index contributed by atoms with van der Waals surface area (Å²) in [5.74, 6) is -0.303. The van der Waals surface area contributed by atoms with Crippen molar-refractivity contribution in [3.05, 3.63) is 89.4 Å². The third-order valence-corrected chi connectivity index (χ3v) is 7.75. The van der Waals surface area contributed by atoms with Crippen LogP contribution >= 0.6 is 11.6 Å². The van der Waals surface area contributed by atoms with Gasteiger partial charge in [0.05, 0.1) is 22.7 Å². The maximum atomic E-state index is 13.7. The average Bonchev–Trinajstić information content (AvgIpc) is 2.90. The van der Waals surface area contributed by atoms with E-state index in [0.717, 1.165) is 9.87 Å². The molecule has 36 heavy (non-hydrogen) atoms. The van der Waals surface area contributed by atoms with Gasteiger partial charge in [-0.1, -0.05) is 54.1 Å². The number of hydrogen-bond donors (Lipinski definition) is 1. The Balaban J connectivity index is 2.01. The molecule has 0 saturated carbocycles. The number of carbonyl (C=O) groups is 2. The van der Waals surface area contributed by atoms with Crippen LogP contribution in [-0.2, 0) is 26.2 Å². The van der Waals surface area contributed by atoms with Crippen molar-refractivity contribution in [3.63, 3.8) is 0 Å². The molecule has 0 aliphatic heterocycles. The molecule has 190 valence electrons. The second-order valence-electron chi connectivity index (χ2n) is 7.94. The molecule has 0 aromatic heterocycles. The van der Waals surface area contributed by atoms with E-state index in [1.807, 2.05) is 0 Å². The number of nitrogens with zero attached hydrogens (tertiary/aromatic N) is 2. The van der Waals surface area contributed by atoms with Crippen LogP contribution in [-0.4, -0.2) is 51.9 Å². The molecule has 1 atom stereocenters. The maximum absolute atomic E-state index is 13.7. The van der Waals surface area contributed by atoms with Gasteiger partial charge in [-0.15, -0.1) is 0 Å². The van der Waals surface area contributed by atoms with Gasteiger partial charge in [0.2, 0.25) is 11.8 Å². The highest BCUT2D eigenvalue weighted by Gasteiger charge is 2.33. The number of benzene rings is 3. The van der Waals surface area contributed by atoms with Gasteiger partial charge < -0.3 is 15.0 Å². The van der Waals surface area contributed by atoms with E-state index in [-0.39, 0.29) is 28.1 Å². The average molecular weight is 530 g/mol. The third kappa shape index (κ3) is 6.16. The molecule has 0 spiro atoms. The minimum Gasteiger partial charge on any atom is -0.497 e. The van der Waals surface area contributed by atoms with Gasteiger partial charge in [0, 0.05) is 13.6 Å². The highest BCUT2D eigenvalue weighted by atomic mass is 35.5. The summed E-state index contributed by atoms with van der Waals surface area (Å²) in [6.45, 7) is 1.11. The van der Waals surface area contributed by atoms with E-state index < -0.39 is 28.5 Å². The van der Waals surface area contributed by atoms with E-state index in [2.05, 4.69) is 5.32 Å². The first-order valence-corrected chi connectivity index (χ1v) is 13.0. The van der Waals surface area contributed by atoms with E-state index >= 15 is 0 Å². The van der Waals surface area contributed by atoms with Crippen molar-refractivity contribution < 1.29 is 22.7 Å². The van der Waals surface area contributed by atoms with Crippen LogP contribution in [0.15, 0.2) is 83.8 Å². The number of para-hydroxylation sites is 1. The van der Waals surface area contributed by atoms with Crippen LogP contribution in [0, 0.1) is 0 Å². The molecule has 10 heteroatoms. The fourth-order valence-electron chi connectivity index (χ4n) is 3.61. The summed E-state index contributed by atoms with van der Waals surface area (Å²) in [7, 11) is -1.13. The summed E-state index contributed by atoms with van der Waals surface area (Å²) in [5, 5.41) is 2.72. The first kappa shape index (κ1) is 27.0. The van der Waals surface area contributed by atoms with Gasteiger partial charge in [0.15, 0.2) is 0 Å². The lowest BCUT2D eigenvalue weighted by molar-refractivity contribution is -0.139. The largest absolute Gasteiger partial charge is 0.497 e. The van der Waals surface area contributed by atoms with Gasteiger partial charge in [0.25, 0.3) is 10.0 Å². The normalized spacial score (nSPS) is 11.9. The summed E-state index contributed by atoms with van der Waals surface area (Å²) in [5.41, 5.74) is 0.906. The predicted molar refractivity (Wildman–Crippen MR) is 139 cm³/mol. The van der Waals surface area contributed by atoms with E-state index in [9.17, 15) is 18.0 Å². The van der Waals surface area contributed by atoms with Gasteiger partial charge in [-0.05, 0) is 48.9 Å². The third-order valence-electron chi connectivity index (χ3n) is 5.66. The highest BCUT2D eigenvalue weighted by Crippen LogP contribution is 2.30. The SMILES string of the molecule is CNC(=O)[C@H](C)N(Cc1ccc(OC)cc1)C(=O)CN(c1ccccc1Cl)S(=O)(=O)c1ccccc1. The van der Waals surface area contributed by atoms with Crippen molar-refractivity contribution in [1.82, 2.24) is 10.2 Å². The topological polar surface area (TPSA) is 96.0 Å². The molecule has 3 rings (SSSR count). The number of anilines is 1. The zero-order chi connectivity index (χ0) is 26.3. The van der Waals surface area contributed by atoms with Crippen molar-refractivity contribution >= 4 is 39.1 Å². The standard InChI is InChI=1S/C26H28ClN3O5S/c1-19(26(32)28-2)29(17-20-13-15-21(35-3)16-14-20)25(31)18-30(24-12-8-7-11-23(24)27)36(33,34)22-9-5-4-6-10-22/h4-16,19H,17-18H2,1-3H3,(H,28,32)/t19-/m0/s1. The number of methoxy groups -OCH3 is 1. The second kappa shape index (κ2) is 11.9. The lowest BCUT2D eigenvalue weighted by atomic mass is 10.1. The zero-order valence-corrected chi connectivity index (χ0v) is 21.8. The Morgan fingerprint density at radius 3 is 2.17 bits per heavy atom. The number of amides is 2. The molecule has 0 bridgehead atoms. The number of likely N-dealkylation sites (N-methyl/N-ethyl adjacent to an activating group) is 1. The van der Waals surface area contributed by atoms with E-state index in [4.69, 9.17) is 16.3 Å². The lowest BCUT2D eigenvalue weighted by Gasteiger charge is -2.32. The van der Waals surface area contributed by atoms with Crippen molar-refractivity contribution in [2.24, 2.45) is 0 Å². The first-order valence-electron chi connectivity index (χ1n) is 11.2. The Labute approximate surface area is 216 Å². The Morgan fingerprint density at radius 1 is 0.972 bits per heavy atom. The Kier molecular flexibility index (Phi) is 8.95. The van der Waals surface area contributed by atoms with Crippen LogP contribution in [0.4, 0.5) is 5.69 Å². The molecule has 0 aliphatic rings. The molecular formula is C26H28ClN3O5S. The summed E-state index contributed by atoms with van der Waals surface area (Å²) in [4.78, 5) is 27.5. The first-order chi connectivity index (χ1) is 17.2. The van der Waals surface area contributed by atoms with E-state index in [1.165, 1.54) is 30.1 Å². The van der Waals surface area contributed by atoms with Crippen LogP contribution in [0.2, 0.25) is 5.02 Å². The zero-order valence-electron chi connectivity index (χ0n) is 20.2. The molecule has 8 nitrogen and oxygen atoms in total. The van der Waals surface area contributed by atoms with Crippen LogP contribution in [0.1, 0.15) is 12.5 Å². The molecule has 1 N–H and O–H groups in total. The summed E-state index contributed by atoms with van der Waals surface area (Å²) < 4.78 is 33.4. The molecule has 3 aromatic carbocycles. The van der Waals surface area contributed by atoms with Crippen LogP contribution < -0.4 is 14.4 Å². The van der Waals surface area contributed by atoms with Crippen molar-refractivity contribution in [2.75, 3.05) is 25.0 Å². The van der Waals surface area contributed by atoms with Crippen molar-refractivity contribution in [3.8, 4) is 5.75 Å². The fraction of sp³-hybridized carbons (Fsp3) is 0.231. The van der Waals surface area contributed by atoms with Gasteiger partial charge in [-0.2, -0.15) is 0 Å². The van der Waals surface area contributed by atoms with Crippen molar-refractivity contribution in [2.45, 2.75) is 24.4 Å². The number of nitrogens with one attached hydrogen (secondary N) is 1. The van der Waals surface area contributed by atoms with Gasteiger partial charge in [0.1, 0.15) is 18.3 Å². The molecule has 0 saturated heterocycles. The molecule has 0 aliphatic carbocycles. The molecule has 0 radical (unpaired) electrons. The minimum absolute atomic E-state index is 0.0128. The highest BCUT2D eigenvalue weighted by molar-refractivity contribution is 7.92. The van der Waals surface area contributed by atoms with Crippen molar-refractivity contribution in [1.29, 1.82) is 0 Å². The van der Waals surface area contributed by atoms with Gasteiger partial charge in [-0.3, -0.25) is 13.9 Å².